The average molecular weight is 346 g/mol. The van der Waals surface area contributed by atoms with E-state index in [-0.39, 0.29) is 17.2 Å². The summed E-state index contributed by atoms with van der Waals surface area (Å²) < 4.78 is 38.0. The second-order valence-electron chi connectivity index (χ2n) is 6.37. The Balaban J connectivity index is 2.37. The zero-order valence-corrected chi connectivity index (χ0v) is 14.7. The van der Waals surface area contributed by atoms with Gasteiger partial charge in [0.2, 0.25) is 0 Å². The van der Waals surface area contributed by atoms with Gasteiger partial charge in [0, 0.05) is 46.4 Å². The van der Waals surface area contributed by atoms with Crippen LogP contribution in [0.5, 0.6) is 0 Å². The largest absolute Gasteiger partial charge is 0.338 e. The number of halogens is 2. The lowest BCUT2D eigenvalue weighted by Crippen LogP contribution is -2.40. The van der Waals surface area contributed by atoms with E-state index >= 15 is 0 Å². The Bertz CT molecular complexity index is 574. The number of nitrogens with one attached hydrogen (secondary N) is 2. The van der Waals surface area contributed by atoms with Gasteiger partial charge in [-0.2, -0.15) is 0 Å². The van der Waals surface area contributed by atoms with Gasteiger partial charge in [0.1, 0.15) is 11.6 Å². The first-order valence-electron chi connectivity index (χ1n) is 7.46. The number of hydrogen-bond acceptors (Lipinski definition) is 2. The van der Waals surface area contributed by atoms with Crippen molar-refractivity contribution in [2.75, 3.05) is 18.8 Å². The third-order valence-corrected chi connectivity index (χ3v) is 5.26. The van der Waals surface area contributed by atoms with Crippen molar-refractivity contribution in [2.24, 2.45) is 0 Å². The quantitative estimate of drug-likeness (QED) is 0.832. The topological polar surface area (TPSA) is 58.2 Å². The van der Waals surface area contributed by atoms with Crippen LogP contribution in [-0.4, -0.2) is 33.8 Å². The van der Waals surface area contributed by atoms with Crippen molar-refractivity contribution in [1.82, 2.24) is 10.6 Å². The lowest BCUT2D eigenvalue weighted by atomic mass is 10.0. The molecular weight excluding hydrogens is 322 g/mol. The van der Waals surface area contributed by atoms with Crippen molar-refractivity contribution in [1.29, 1.82) is 0 Å². The number of hydrogen-bond donors (Lipinski definition) is 2. The van der Waals surface area contributed by atoms with Crippen LogP contribution in [0, 0.1) is 11.6 Å². The first kappa shape index (κ1) is 19.5. The van der Waals surface area contributed by atoms with E-state index in [9.17, 15) is 17.8 Å². The van der Waals surface area contributed by atoms with E-state index in [1.807, 2.05) is 20.8 Å². The Hall–Kier alpha value is -1.50. The van der Waals surface area contributed by atoms with Crippen molar-refractivity contribution >= 4 is 16.8 Å². The first-order valence-corrected chi connectivity index (χ1v) is 8.78. The maximum absolute atomic E-state index is 13.6. The summed E-state index contributed by atoms with van der Waals surface area (Å²) in [6.45, 7) is 7.89. The third kappa shape index (κ3) is 6.64. The molecule has 0 heterocycles. The number of rotatable bonds is 6. The molecule has 0 aliphatic heterocycles. The SMILES string of the molecule is C[C@@H](CNC(=O)NCC[S@](=O)C(C)(C)C)c1ccc(F)cc1F. The van der Waals surface area contributed by atoms with Crippen LogP contribution in [0.1, 0.15) is 39.2 Å². The van der Waals surface area contributed by atoms with Crippen LogP contribution >= 0.6 is 0 Å². The summed E-state index contributed by atoms with van der Waals surface area (Å²) in [7, 11) is -1.03. The van der Waals surface area contributed by atoms with Crippen LogP contribution in [0.2, 0.25) is 0 Å². The third-order valence-electron chi connectivity index (χ3n) is 3.32. The van der Waals surface area contributed by atoms with Gasteiger partial charge in [0.05, 0.1) is 0 Å². The van der Waals surface area contributed by atoms with Crippen molar-refractivity contribution in [3.05, 3.63) is 35.4 Å². The van der Waals surface area contributed by atoms with Crippen LogP contribution in [0.3, 0.4) is 0 Å². The second-order valence-corrected chi connectivity index (χ2v) is 8.69. The molecule has 0 radical (unpaired) electrons. The van der Waals surface area contributed by atoms with E-state index in [2.05, 4.69) is 10.6 Å². The summed E-state index contributed by atoms with van der Waals surface area (Å²) in [4.78, 5) is 11.7. The molecule has 0 fully saturated rings. The molecule has 0 aromatic heterocycles. The molecule has 0 saturated heterocycles. The molecule has 0 saturated carbocycles. The van der Waals surface area contributed by atoms with Gasteiger partial charge in [-0.3, -0.25) is 4.21 Å². The fourth-order valence-corrected chi connectivity index (χ4v) is 2.78. The molecule has 1 aromatic carbocycles. The minimum atomic E-state index is -1.03. The summed E-state index contributed by atoms with van der Waals surface area (Å²) in [6, 6.07) is 3.00. The average Bonchev–Trinajstić information content (AvgIpc) is 2.43. The summed E-state index contributed by atoms with van der Waals surface area (Å²) >= 11 is 0. The predicted molar refractivity (Wildman–Crippen MR) is 88.9 cm³/mol. The molecule has 130 valence electrons. The molecule has 0 spiro atoms. The highest BCUT2D eigenvalue weighted by atomic mass is 32.2. The van der Waals surface area contributed by atoms with Gasteiger partial charge in [-0.25, -0.2) is 13.6 Å². The fraction of sp³-hybridized carbons (Fsp3) is 0.562. The van der Waals surface area contributed by atoms with Crippen molar-refractivity contribution in [3.63, 3.8) is 0 Å². The molecule has 4 nitrogen and oxygen atoms in total. The standard InChI is InChI=1S/C16H24F2N2O2S/c1-11(13-6-5-12(17)9-14(13)18)10-20-15(21)19-7-8-23(22)16(2,3)4/h5-6,9,11H,7-8,10H2,1-4H3,(H2,19,20,21)/t11-,23-/m0/s1. The molecule has 0 bridgehead atoms. The minimum Gasteiger partial charge on any atom is -0.338 e. The highest BCUT2D eigenvalue weighted by Gasteiger charge is 2.19. The zero-order valence-electron chi connectivity index (χ0n) is 13.9. The summed E-state index contributed by atoms with van der Waals surface area (Å²) in [5, 5.41) is 5.25. The van der Waals surface area contributed by atoms with Gasteiger partial charge < -0.3 is 10.6 Å². The van der Waals surface area contributed by atoms with Crippen molar-refractivity contribution in [2.45, 2.75) is 38.4 Å². The molecule has 0 aliphatic rings. The van der Waals surface area contributed by atoms with E-state index in [0.29, 0.717) is 17.9 Å². The molecule has 0 unspecified atom stereocenters. The van der Waals surface area contributed by atoms with E-state index in [0.717, 1.165) is 6.07 Å². The van der Waals surface area contributed by atoms with Crippen LogP contribution < -0.4 is 10.6 Å². The summed E-state index contributed by atoms with van der Waals surface area (Å²) in [5.74, 6) is -1.17. The Morgan fingerprint density at radius 1 is 1.26 bits per heavy atom. The molecule has 2 amide bonds. The van der Waals surface area contributed by atoms with E-state index in [4.69, 9.17) is 0 Å². The van der Waals surface area contributed by atoms with Gasteiger partial charge in [-0.05, 0) is 32.4 Å². The highest BCUT2D eigenvalue weighted by Crippen LogP contribution is 2.19. The Morgan fingerprint density at radius 2 is 1.91 bits per heavy atom. The number of carbonyl (C=O) groups is 1. The monoisotopic (exact) mass is 346 g/mol. The van der Waals surface area contributed by atoms with E-state index in [1.165, 1.54) is 12.1 Å². The molecule has 1 aromatic rings. The van der Waals surface area contributed by atoms with Gasteiger partial charge >= 0.3 is 6.03 Å². The van der Waals surface area contributed by atoms with E-state index < -0.39 is 28.5 Å². The minimum absolute atomic E-state index is 0.219. The maximum Gasteiger partial charge on any atom is 0.314 e. The van der Waals surface area contributed by atoms with Gasteiger partial charge in [-0.15, -0.1) is 0 Å². The lowest BCUT2D eigenvalue weighted by molar-refractivity contribution is 0.241. The Morgan fingerprint density at radius 3 is 2.48 bits per heavy atom. The molecule has 2 N–H and O–H groups in total. The molecular formula is C16H24F2N2O2S. The van der Waals surface area contributed by atoms with Gasteiger partial charge in [0.15, 0.2) is 0 Å². The zero-order chi connectivity index (χ0) is 17.6. The molecule has 2 atom stereocenters. The summed E-state index contributed by atoms with van der Waals surface area (Å²) in [5.41, 5.74) is 0.348. The number of carbonyl (C=O) groups excluding carboxylic acids is 1. The van der Waals surface area contributed by atoms with Gasteiger partial charge in [-0.1, -0.05) is 13.0 Å². The van der Waals surface area contributed by atoms with E-state index in [1.54, 1.807) is 6.92 Å². The fourth-order valence-electron chi connectivity index (χ4n) is 1.88. The highest BCUT2D eigenvalue weighted by molar-refractivity contribution is 7.86. The molecule has 1 rings (SSSR count). The molecule has 23 heavy (non-hydrogen) atoms. The molecule has 0 aliphatic carbocycles. The van der Waals surface area contributed by atoms with Crippen molar-refractivity contribution in [3.8, 4) is 0 Å². The maximum atomic E-state index is 13.6. The van der Waals surface area contributed by atoms with Crippen LogP contribution in [0.4, 0.5) is 13.6 Å². The Kier molecular flexibility index (Phi) is 7.12. The normalized spacial score (nSPS) is 14.2. The van der Waals surface area contributed by atoms with Crippen molar-refractivity contribution < 1.29 is 17.8 Å². The summed E-state index contributed by atoms with van der Waals surface area (Å²) in [6.07, 6.45) is 0. The van der Waals surface area contributed by atoms with Gasteiger partial charge in [0.25, 0.3) is 0 Å². The van der Waals surface area contributed by atoms with Crippen LogP contribution in [-0.2, 0) is 10.8 Å². The second kappa shape index (κ2) is 8.38. The number of benzene rings is 1. The number of urea groups is 1. The smallest absolute Gasteiger partial charge is 0.314 e. The lowest BCUT2D eigenvalue weighted by Gasteiger charge is -2.18. The van der Waals surface area contributed by atoms with Crippen LogP contribution in [0.15, 0.2) is 18.2 Å². The molecule has 7 heteroatoms. The number of amides is 2. The first-order chi connectivity index (χ1) is 10.6. The van der Waals surface area contributed by atoms with Crippen LogP contribution in [0.25, 0.3) is 0 Å². The Labute approximate surface area is 138 Å². The predicted octanol–water partition coefficient (Wildman–Crippen LogP) is 2.91.